The number of rotatable bonds is 14. The summed E-state index contributed by atoms with van der Waals surface area (Å²) in [5.74, 6) is 3.43. The smallest absolute Gasteiger partial charge is 0.161 e. The first kappa shape index (κ1) is 26.4. The Balaban J connectivity index is 1.50. The SMILES string of the molecule is COc1cc(/C=C\N(C)CCCN(C)CC2Cc3cc(OC)c(OC)cc32)c(CC=O)cc1OC. The average molecular weight is 483 g/mol. The summed E-state index contributed by atoms with van der Waals surface area (Å²) in [7, 11) is 10.8. The van der Waals surface area contributed by atoms with E-state index in [9.17, 15) is 4.79 Å². The lowest BCUT2D eigenvalue weighted by Gasteiger charge is -2.34. The van der Waals surface area contributed by atoms with Crippen LogP contribution in [0.1, 0.15) is 34.6 Å². The maximum atomic E-state index is 11.1. The molecular weight excluding hydrogens is 444 g/mol. The zero-order valence-corrected chi connectivity index (χ0v) is 21.8. The Hall–Kier alpha value is -3.19. The third-order valence-corrected chi connectivity index (χ3v) is 6.59. The Kier molecular flexibility index (Phi) is 9.43. The highest BCUT2D eigenvalue weighted by atomic mass is 16.5. The van der Waals surface area contributed by atoms with Gasteiger partial charge in [-0.25, -0.2) is 0 Å². The van der Waals surface area contributed by atoms with E-state index in [4.69, 9.17) is 18.9 Å². The van der Waals surface area contributed by atoms with Crippen molar-refractivity contribution in [2.75, 3.05) is 62.2 Å². The summed E-state index contributed by atoms with van der Waals surface area (Å²) >= 11 is 0. The summed E-state index contributed by atoms with van der Waals surface area (Å²) < 4.78 is 21.7. The normalized spacial score (nSPS) is 14.4. The van der Waals surface area contributed by atoms with Crippen LogP contribution in [0, 0.1) is 0 Å². The summed E-state index contributed by atoms with van der Waals surface area (Å²) in [5, 5.41) is 0. The lowest BCUT2D eigenvalue weighted by Crippen LogP contribution is -2.32. The van der Waals surface area contributed by atoms with E-state index in [1.54, 1.807) is 28.4 Å². The van der Waals surface area contributed by atoms with Crippen molar-refractivity contribution in [1.29, 1.82) is 0 Å². The first-order valence-corrected chi connectivity index (χ1v) is 11.9. The Morgan fingerprint density at radius 2 is 1.51 bits per heavy atom. The van der Waals surface area contributed by atoms with E-state index in [0.717, 1.165) is 61.4 Å². The van der Waals surface area contributed by atoms with Gasteiger partial charge in [-0.15, -0.1) is 0 Å². The highest BCUT2D eigenvalue weighted by Gasteiger charge is 2.29. The van der Waals surface area contributed by atoms with Gasteiger partial charge in [0.2, 0.25) is 0 Å². The lowest BCUT2D eigenvalue weighted by atomic mass is 9.77. The Morgan fingerprint density at radius 3 is 2.17 bits per heavy atom. The summed E-state index contributed by atoms with van der Waals surface area (Å²) in [4.78, 5) is 15.7. The molecule has 0 saturated heterocycles. The molecule has 2 aromatic carbocycles. The number of ether oxygens (including phenoxy) is 4. The van der Waals surface area contributed by atoms with Crippen molar-refractivity contribution in [3.63, 3.8) is 0 Å². The molecule has 7 nitrogen and oxygen atoms in total. The molecule has 1 aliphatic rings. The molecule has 0 saturated carbocycles. The molecule has 3 rings (SSSR count). The van der Waals surface area contributed by atoms with Crippen molar-refractivity contribution in [1.82, 2.24) is 9.80 Å². The van der Waals surface area contributed by atoms with Gasteiger partial charge in [-0.2, -0.15) is 0 Å². The predicted molar refractivity (Wildman–Crippen MR) is 139 cm³/mol. The molecule has 1 aliphatic carbocycles. The third kappa shape index (κ3) is 6.48. The minimum Gasteiger partial charge on any atom is -0.493 e. The monoisotopic (exact) mass is 482 g/mol. The second-order valence-corrected chi connectivity index (χ2v) is 9.00. The van der Waals surface area contributed by atoms with Crippen molar-refractivity contribution in [3.05, 3.63) is 52.7 Å². The molecule has 0 bridgehead atoms. The van der Waals surface area contributed by atoms with E-state index < -0.39 is 0 Å². The van der Waals surface area contributed by atoms with Crippen LogP contribution in [0.3, 0.4) is 0 Å². The molecule has 190 valence electrons. The summed E-state index contributed by atoms with van der Waals surface area (Å²) in [6.07, 6.45) is 7.45. The van der Waals surface area contributed by atoms with Crippen LogP contribution in [0.25, 0.3) is 6.08 Å². The van der Waals surface area contributed by atoms with Gasteiger partial charge in [0, 0.05) is 32.5 Å². The molecule has 0 N–H and O–H groups in total. The van der Waals surface area contributed by atoms with Crippen LogP contribution in [-0.2, 0) is 17.6 Å². The summed E-state index contributed by atoms with van der Waals surface area (Å²) in [6, 6.07) is 8.01. The van der Waals surface area contributed by atoms with E-state index in [0.29, 0.717) is 23.8 Å². The average Bonchev–Trinajstić information content (AvgIpc) is 2.85. The quantitative estimate of drug-likeness (QED) is 0.377. The van der Waals surface area contributed by atoms with E-state index in [1.807, 2.05) is 18.2 Å². The van der Waals surface area contributed by atoms with Crippen LogP contribution in [0.4, 0.5) is 0 Å². The van der Waals surface area contributed by atoms with Gasteiger partial charge in [0.1, 0.15) is 6.29 Å². The first-order chi connectivity index (χ1) is 16.9. The largest absolute Gasteiger partial charge is 0.493 e. The third-order valence-electron chi connectivity index (χ3n) is 6.59. The van der Waals surface area contributed by atoms with Gasteiger partial charge in [-0.3, -0.25) is 0 Å². The fraction of sp³-hybridized carbons (Fsp3) is 0.464. The second kappa shape index (κ2) is 12.5. The Labute approximate surface area is 209 Å². The molecule has 0 aromatic heterocycles. The van der Waals surface area contributed by atoms with E-state index >= 15 is 0 Å². The van der Waals surface area contributed by atoms with Crippen LogP contribution in [0.5, 0.6) is 23.0 Å². The summed E-state index contributed by atoms with van der Waals surface area (Å²) in [5.41, 5.74) is 4.59. The van der Waals surface area contributed by atoms with Gasteiger partial charge in [-0.05, 0) is 85.2 Å². The van der Waals surface area contributed by atoms with E-state index in [1.165, 1.54) is 11.1 Å². The number of benzene rings is 2. The molecule has 7 heteroatoms. The molecule has 0 heterocycles. The zero-order chi connectivity index (χ0) is 25.4. The van der Waals surface area contributed by atoms with Gasteiger partial charge in [-0.1, -0.05) is 0 Å². The molecule has 0 amide bonds. The second-order valence-electron chi connectivity index (χ2n) is 9.00. The van der Waals surface area contributed by atoms with Gasteiger partial charge in [0.05, 0.1) is 28.4 Å². The summed E-state index contributed by atoms with van der Waals surface area (Å²) in [6.45, 7) is 2.98. The Bertz CT molecular complexity index is 1040. The van der Waals surface area contributed by atoms with Crippen molar-refractivity contribution in [2.24, 2.45) is 0 Å². The van der Waals surface area contributed by atoms with Crippen LogP contribution < -0.4 is 18.9 Å². The van der Waals surface area contributed by atoms with Gasteiger partial charge < -0.3 is 33.5 Å². The predicted octanol–water partition coefficient (Wildman–Crippen LogP) is 4.03. The fourth-order valence-corrected chi connectivity index (χ4v) is 4.60. The number of hydrogen-bond acceptors (Lipinski definition) is 7. The molecule has 35 heavy (non-hydrogen) atoms. The number of carbonyl (C=O) groups is 1. The molecular formula is C28H38N2O5. The van der Waals surface area contributed by atoms with Crippen LogP contribution in [0.2, 0.25) is 0 Å². The number of hydrogen-bond donors (Lipinski definition) is 0. The number of aldehydes is 1. The highest BCUT2D eigenvalue weighted by molar-refractivity contribution is 5.66. The van der Waals surface area contributed by atoms with Crippen LogP contribution in [0.15, 0.2) is 30.5 Å². The molecule has 0 fully saturated rings. The van der Waals surface area contributed by atoms with Crippen LogP contribution >= 0.6 is 0 Å². The molecule has 1 atom stereocenters. The molecule has 0 aliphatic heterocycles. The van der Waals surface area contributed by atoms with Crippen LogP contribution in [-0.4, -0.2) is 78.3 Å². The fourth-order valence-electron chi connectivity index (χ4n) is 4.60. The lowest BCUT2D eigenvalue weighted by molar-refractivity contribution is -0.107. The van der Waals surface area contributed by atoms with Crippen molar-refractivity contribution < 1.29 is 23.7 Å². The maximum Gasteiger partial charge on any atom is 0.161 e. The minimum atomic E-state index is 0.331. The van der Waals surface area contributed by atoms with E-state index in [-0.39, 0.29) is 0 Å². The van der Waals surface area contributed by atoms with Crippen molar-refractivity contribution in [3.8, 4) is 23.0 Å². The Morgan fingerprint density at radius 1 is 0.886 bits per heavy atom. The number of fused-ring (bicyclic) bond motifs is 1. The van der Waals surface area contributed by atoms with Gasteiger partial charge >= 0.3 is 0 Å². The number of carbonyl (C=O) groups excluding carboxylic acids is 1. The first-order valence-electron chi connectivity index (χ1n) is 11.9. The number of nitrogens with zero attached hydrogens (tertiary/aromatic N) is 2. The molecule has 0 radical (unpaired) electrons. The highest BCUT2D eigenvalue weighted by Crippen LogP contribution is 2.42. The topological polar surface area (TPSA) is 60.5 Å². The molecule has 1 unspecified atom stereocenters. The zero-order valence-electron chi connectivity index (χ0n) is 21.8. The standard InChI is InChI=1S/C28H38N2O5/c1-29(12-8-20-15-25(32-3)26(33-4)16-21(20)9-13-31)10-7-11-30(2)19-23-14-22-17-27(34-5)28(35-6)18-24(22)23/h8,12-13,15-18,23H,7,9-11,14,19H2,1-6H3/b12-8-. The molecule has 0 spiro atoms. The van der Waals surface area contributed by atoms with E-state index in [2.05, 4.69) is 42.2 Å². The van der Waals surface area contributed by atoms with Gasteiger partial charge in [0.15, 0.2) is 23.0 Å². The maximum absolute atomic E-state index is 11.1. The number of likely N-dealkylation sites (N-methyl/N-ethyl adjacent to an activating group) is 1. The van der Waals surface area contributed by atoms with Gasteiger partial charge in [0.25, 0.3) is 0 Å². The van der Waals surface area contributed by atoms with Crippen molar-refractivity contribution in [2.45, 2.75) is 25.2 Å². The minimum absolute atomic E-state index is 0.331. The molecule has 2 aromatic rings. The van der Waals surface area contributed by atoms with Crippen molar-refractivity contribution >= 4 is 12.4 Å². The number of methoxy groups -OCH3 is 4.